The molecule has 2 nitrogen and oxygen atoms in total. The number of hydrogen-bond donors (Lipinski definition) is 1. The molecular weight excluding hydrogens is 184 g/mol. The molecule has 2 heteroatoms. The molecular formula is C13H26N2. The van der Waals surface area contributed by atoms with E-state index >= 15 is 0 Å². The molecule has 0 saturated carbocycles. The Balaban J connectivity index is 2.21. The molecule has 1 heterocycles. The lowest BCUT2D eigenvalue weighted by Crippen LogP contribution is -2.39. The van der Waals surface area contributed by atoms with Crippen molar-refractivity contribution in [2.75, 3.05) is 32.7 Å². The molecule has 0 amide bonds. The Morgan fingerprint density at radius 2 is 1.93 bits per heavy atom. The van der Waals surface area contributed by atoms with Gasteiger partial charge in [0.2, 0.25) is 0 Å². The van der Waals surface area contributed by atoms with Gasteiger partial charge in [0.25, 0.3) is 0 Å². The summed E-state index contributed by atoms with van der Waals surface area (Å²) in [6, 6.07) is 0. The molecule has 0 aromatic heterocycles. The number of nitrogens with zero attached hydrogens (tertiary/aromatic N) is 1. The SMILES string of the molecule is C=C(CNCC)CN1CCC(C)(C)CC1. The molecule has 1 fully saturated rings. The monoisotopic (exact) mass is 210 g/mol. The van der Waals surface area contributed by atoms with Crippen molar-refractivity contribution in [3.8, 4) is 0 Å². The van der Waals surface area contributed by atoms with Gasteiger partial charge in [-0.1, -0.05) is 27.4 Å². The van der Waals surface area contributed by atoms with Crippen LogP contribution in [0.2, 0.25) is 0 Å². The summed E-state index contributed by atoms with van der Waals surface area (Å²) in [6.45, 7) is 16.5. The first-order valence-electron chi connectivity index (χ1n) is 6.13. The topological polar surface area (TPSA) is 15.3 Å². The summed E-state index contributed by atoms with van der Waals surface area (Å²) in [4.78, 5) is 2.53. The second kappa shape index (κ2) is 5.66. The van der Waals surface area contributed by atoms with Gasteiger partial charge in [-0.2, -0.15) is 0 Å². The molecule has 0 unspecified atom stereocenters. The molecule has 0 aromatic carbocycles. The lowest BCUT2D eigenvalue weighted by molar-refractivity contribution is 0.141. The van der Waals surface area contributed by atoms with Gasteiger partial charge in [-0.15, -0.1) is 0 Å². The highest BCUT2D eigenvalue weighted by Crippen LogP contribution is 2.29. The zero-order valence-electron chi connectivity index (χ0n) is 10.6. The smallest absolute Gasteiger partial charge is 0.0202 e. The van der Waals surface area contributed by atoms with Crippen molar-refractivity contribution in [3.05, 3.63) is 12.2 Å². The Kier molecular flexibility index (Phi) is 4.81. The molecule has 1 aliphatic rings. The van der Waals surface area contributed by atoms with Crippen LogP contribution in [0.4, 0.5) is 0 Å². The Hall–Kier alpha value is -0.340. The van der Waals surface area contributed by atoms with Gasteiger partial charge in [-0.05, 0) is 43.5 Å². The van der Waals surface area contributed by atoms with Gasteiger partial charge in [-0.3, -0.25) is 4.90 Å². The van der Waals surface area contributed by atoms with Gasteiger partial charge in [-0.25, -0.2) is 0 Å². The fourth-order valence-corrected chi connectivity index (χ4v) is 1.99. The molecule has 1 N–H and O–H groups in total. The molecule has 1 rings (SSSR count). The van der Waals surface area contributed by atoms with Crippen LogP contribution in [-0.4, -0.2) is 37.6 Å². The third-order valence-corrected chi connectivity index (χ3v) is 3.28. The number of likely N-dealkylation sites (tertiary alicyclic amines) is 1. The van der Waals surface area contributed by atoms with E-state index in [9.17, 15) is 0 Å². The van der Waals surface area contributed by atoms with Gasteiger partial charge < -0.3 is 5.32 Å². The summed E-state index contributed by atoms with van der Waals surface area (Å²) >= 11 is 0. The highest BCUT2D eigenvalue weighted by Gasteiger charge is 2.25. The van der Waals surface area contributed by atoms with E-state index in [0.717, 1.165) is 19.6 Å². The van der Waals surface area contributed by atoms with E-state index in [0.29, 0.717) is 5.41 Å². The van der Waals surface area contributed by atoms with Gasteiger partial charge in [0.1, 0.15) is 0 Å². The maximum Gasteiger partial charge on any atom is 0.0202 e. The average molecular weight is 210 g/mol. The molecule has 0 aromatic rings. The molecule has 1 saturated heterocycles. The standard InChI is InChI=1S/C13H26N2/c1-5-14-10-12(2)11-15-8-6-13(3,4)7-9-15/h14H,2,5-11H2,1,3-4H3. The van der Waals surface area contributed by atoms with Crippen molar-refractivity contribution in [1.29, 1.82) is 0 Å². The molecule has 0 aliphatic carbocycles. The van der Waals surface area contributed by atoms with Crippen LogP contribution >= 0.6 is 0 Å². The molecule has 0 radical (unpaired) electrons. The highest BCUT2D eigenvalue weighted by molar-refractivity contribution is 5.00. The summed E-state index contributed by atoms with van der Waals surface area (Å²) in [6.07, 6.45) is 2.64. The first-order chi connectivity index (χ1) is 7.03. The van der Waals surface area contributed by atoms with E-state index in [1.807, 2.05) is 0 Å². The van der Waals surface area contributed by atoms with Crippen LogP contribution in [0, 0.1) is 5.41 Å². The minimum absolute atomic E-state index is 0.555. The molecule has 1 aliphatic heterocycles. The summed E-state index contributed by atoms with van der Waals surface area (Å²) in [5.41, 5.74) is 1.87. The van der Waals surface area contributed by atoms with Gasteiger partial charge >= 0.3 is 0 Å². The van der Waals surface area contributed by atoms with Crippen LogP contribution in [0.25, 0.3) is 0 Å². The number of piperidine rings is 1. The van der Waals surface area contributed by atoms with Crippen LogP contribution in [-0.2, 0) is 0 Å². The van der Waals surface area contributed by atoms with Gasteiger partial charge in [0.15, 0.2) is 0 Å². The Labute approximate surface area is 94.7 Å². The maximum atomic E-state index is 4.12. The van der Waals surface area contributed by atoms with Crippen LogP contribution in [0.5, 0.6) is 0 Å². The Morgan fingerprint density at radius 3 is 2.47 bits per heavy atom. The predicted molar refractivity (Wildman–Crippen MR) is 67.1 cm³/mol. The van der Waals surface area contributed by atoms with Crippen LogP contribution in [0.15, 0.2) is 12.2 Å². The highest BCUT2D eigenvalue weighted by atomic mass is 15.1. The van der Waals surface area contributed by atoms with Crippen LogP contribution in [0.3, 0.4) is 0 Å². The third-order valence-electron chi connectivity index (χ3n) is 3.28. The predicted octanol–water partition coefficient (Wildman–Crippen LogP) is 2.27. The fourth-order valence-electron chi connectivity index (χ4n) is 1.99. The van der Waals surface area contributed by atoms with E-state index in [2.05, 4.69) is 37.6 Å². The summed E-state index contributed by atoms with van der Waals surface area (Å²) in [5.74, 6) is 0. The van der Waals surface area contributed by atoms with E-state index in [1.165, 1.54) is 31.5 Å². The number of likely N-dealkylation sites (N-methyl/N-ethyl adjacent to an activating group) is 1. The van der Waals surface area contributed by atoms with Crippen LogP contribution < -0.4 is 5.32 Å². The second-order valence-corrected chi connectivity index (χ2v) is 5.47. The minimum atomic E-state index is 0.555. The molecule has 88 valence electrons. The van der Waals surface area contributed by atoms with Crippen LogP contribution in [0.1, 0.15) is 33.6 Å². The Morgan fingerprint density at radius 1 is 1.33 bits per heavy atom. The summed E-state index contributed by atoms with van der Waals surface area (Å²) in [5, 5.41) is 3.33. The lowest BCUT2D eigenvalue weighted by Gasteiger charge is -2.37. The number of nitrogens with one attached hydrogen (secondary N) is 1. The van der Waals surface area contributed by atoms with Gasteiger partial charge in [0.05, 0.1) is 0 Å². The lowest BCUT2D eigenvalue weighted by atomic mass is 9.82. The van der Waals surface area contributed by atoms with Crippen molar-refractivity contribution in [3.63, 3.8) is 0 Å². The average Bonchev–Trinajstić information content (AvgIpc) is 2.18. The van der Waals surface area contributed by atoms with E-state index in [1.54, 1.807) is 0 Å². The summed E-state index contributed by atoms with van der Waals surface area (Å²) < 4.78 is 0. The molecule has 0 spiro atoms. The fraction of sp³-hybridized carbons (Fsp3) is 0.846. The maximum absolute atomic E-state index is 4.12. The van der Waals surface area contributed by atoms with Crippen molar-refractivity contribution >= 4 is 0 Å². The van der Waals surface area contributed by atoms with E-state index in [4.69, 9.17) is 0 Å². The summed E-state index contributed by atoms with van der Waals surface area (Å²) in [7, 11) is 0. The first-order valence-corrected chi connectivity index (χ1v) is 6.13. The first kappa shape index (κ1) is 12.7. The number of hydrogen-bond acceptors (Lipinski definition) is 2. The van der Waals surface area contributed by atoms with Gasteiger partial charge in [0, 0.05) is 13.1 Å². The van der Waals surface area contributed by atoms with Crippen molar-refractivity contribution in [2.45, 2.75) is 33.6 Å². The third kappa shape index (κ3) is 4.80. The number of rotatable bonds is 5. The Bertz CT molecular complexity index is 199. The molecule has 0 atom stereocenters. The molecule has 0 bridgehead atoms. The second-order valence-electron chi connectivity index (χ2n) is 5.47. The largest absolute Gasteiger partial charge is 0.313 e. The minimum Gasteiger partial charge on any atom is -0.313 e. The zero-order chi connectivity index (χ0) is 11.3. The zero-order valence-corrected chi connectivity index (χ0v) is 10.6. The van der Waals surface area contributed by atoms with E-state index in [-0.39, 0.29) is 0 Å². The van der Waals surface area contributed by atoms with Crippen molar-refractivity contribution in [1.82, 2.24) is 10.2 Å². The molecule has 15 heavy (non-hydrogen) atoms. The van der Waals surface area contributed by atoms with E-state index < -0.39 is 0 Å². The quantitative estimate of drug-likeness (QED) is 0.700. The van der Waals surface area contributed by atoms with Crippen molar-refractivity contribution in [2.24, 2.45) is 5.41 Å². The van der Waals surface area contributed by atoms with Crippen molar-refractivity contribution < 1.29 is 0 Å². The normalized spacial score (nSPS) is 21.5.